The van der Waals surface area contributed by atoms with Crippen LogP contribution in [0.15, 0.2) is 54.6 Å². The number of hydrogen-bond donors (Lipinski definition) is 2. The molecule has 0 radical (unpaired) electrons. The Morgan fingerprint density at radius 2 is 1.81 bits per heavy atom. The van der Waals surface area contributed by atoms with Gasteiger partial charge in [-0.3, -0.25) is 14.5 Å². The third-order valence-corrected chi connectivity index (χ3v) is 5.69. The Morgan fingerprint density at radius 1 is 1.13 bits per heavy atom. The number of carbonyl (C=O) groups is 3. The van der Waals surface area contributed by atoms with Crippen molar-refractivity contribution in [2.75, 3.05) is 20.2 Å². The van der Waals surface area contributed by atoms with Crippen LogP contribution < -0.4 is 15.4 Å². The maximum absolute atomic E-state index is 12.9. The van der Waals surface area contributed by atoms with Crippen LogP contribution in [0.1, 0.15) is 37.3 Å². The largest absolute Gasteiger partial charge is 0.497 e. The number of rotatable bonds is 9. The summed E-state index contributed by atoms with van der Waals surface area (Å²) < 4.78 is 5.15. The first-order valence-electron chi connectivity index (χ1n) is 10.4. The first-order valence-corrected chi connectivity index (χ1v) is 10.4. The monoisotopic (exact) mass is 423 g/mol. The molecule has 164 valence electrons. The highest BCUT2D eigenvalue weighted by molar-refractivity contribution is 6.08. The fourth-order valence-electron chi connectivity index (χ4n) is 3.61. The molecule has 0 spiro atoms. The molecule has 3 rings (SSSR count). The topological polar surface area (TPSA) is 87.7 Å². The van der Waals surface area contributed by atoms with E-state index in [2.05, 4.69) is 10.6 Å². The van der Waals surface area contributed by atoms with Crippen LogP contribution in [0.2, 0.25) is 0 Å². The summed E-state index contributed by atoms with van der Waals surface area (Å²) in [6.45, 7) is 3.86. The molecule has 0 saturated carbocycles. The normalized spacial score (nSPS) is 19.1. The zero-order valence-corrected chi connectivity index (χ0v) is 18.2. The summed E-state index contributed by atoms with van der Waals surface area (Å²) in [5.74, 6) is 0.157. The molecule has 1 fully saturated rings. The molecule has 4 amide bonds. The van der Waals surface area contributed by atoms with E-state index in [1.165, 1.54) is 0 Å². The maximum Gasteiger partial charge on any atom is 0.325 e. The van der Waals surface area contributed by atoms with Crippen LogP contribution in [0.5, 0.6) is 5.75 Å². The van der Waals surface area contributed by atoms with Crippen LogP contribution in [0.4, 0.5) is 4.79 Å². The van der Waals surface area contributed by atoms with Gasteiger partial charge in [-0.1, -0.05) is 49.4 Å². The third kappa shape index (κ3) is 5.42. The van der Waals surface area contributed by atoms with E-state index in [1.54, 1.807) is 14.0 Å². The highest BCUT2D eigenvalue weighted by atomic mass is 16.5. The van der Waals surface area contributed by atoms with Crippen LogP contribution in [-0.2, 0) is 16.0 Å². The average molecular weight is 424 g/mol. The Morgan fingerprint density at radius 3 is 2.45 bits per heavy atom. The van der Waals surface area contributed by atoms with E-state index in [1.807, 2.05) is 61.5 Å². The van der Waals surface area contributed by atoms with Crippen molar-refractivity contribution in [1.82, 2.24) is 15.5 Å². The lowest BCUT2D eigenvalue weighted by molar-refractivity contribution is -0.134. The van der Waals surface area contributed by atoms with E-state index in [0.717, 1.165) is 21.8 Å². The van der Waals surface area contributed by atoms with Gasteiger partial charge in [0.2, 0.25) is 5.91 Å². The zero-order valence-electron chi connectivity index (χ0n) is 18.2. The minimum absolute atomic E-state index is 0.128. The lowest BCUT2D eigenvalue weighted by atomic mass is 9.93. The number of ether oxygens (including phenoxy) is 1. The van der Waals surface area contributed by atoms with E-state index in [4.69, 9.17) is 4.74 Å². The van der Waals surface area contributed by atoms with Gasteiger partial charge in [-0.25, -0.2) is 4.79 Å². The second-order valence-electron chi connectivity index (χ2n) is 8.12. The first-order chi connectivity index (χ1) is 14.8. The van der Waals surface area contributed by atoms with Crippen molar-refractivity contribution in [1.29, 1.82) is 0 Å². The molecule has 31 heavy (non-hydrogen) atoms. The Labute approximate surface area is 182 Å². The Kier molecular flexibility index (Phi) is 6.95. The predicted octanol–water partition coefficient (Wildman–Crippen LogP) is 2.86. The molecule has 1 heterocycles. The van der Waals surface area contributed by atoms with Gasteiger partial charge in [0.1, 0.15) is 17.8 Å². The fraction of sp³-hybridized carbons (Fsp3) is 0.375. The molecular weight excluding hydrogens is 394 g/mol. The van der Waals surface area contributed by atoms with Crippen LogP contribution in [0.25, 0.3) is 0 Å². The van der Waals surface area contributed by atoms with Crippen molar-refractivity contribution >= 4 is 17.8 Å². The SMILES string of the molecule is COc1ccc(CC[C@]2(C)NC(=O)N(CC(=O)NC[C@H](C)c3ccccc3)C2=O)cc1. The van der Waals surface area contributed by atoms with E-state index in [-0.39, 0.29) is 24.3 Å². The number of hydrogen-bond acceptors (Lipinski definition) is 4. The number of aryl methyl sites for hydroxylation is 1. The summed E-state index contributed by atoms with van der Waals surface area (Å²) in [4.78, 5) is 38.7. The number of carbonyl (C=O) groups excluding carboxylic acids is 3. The Bertz CT molecular complexity index is 930. The maximum atomic E-state index is 12.9. The molecular formula is C24H29N3O4. The quantitative estimate of drug-likeness (QED) is 0.607. The van der Waals surface area contributed by atoms with Crippen molar-refractivity contribution < 1.29 is 19.1 Å². The summed E-state index contributed by atoms with van der Waals surface area (Å²) in [5.41, 5.74) is 1.12. The molecule has 2 aromatic rings. The predicted molar refractivity (Wildman–Crippen MR) is 118 cm³/mol. The molecule has 0 aliphatic carbocycles. The summed E-state index contributed by atoms with van der Waals surface area (Å²) in [6, 6.07) is 16.9. The first kappa shape index (κ1) is 22.3. The molecule has 7 heteroatoms. The van der Waals surface area contributed by atoms with E-state index in [9.17, 15) is 14.4 Å². The van der Waals surface area contributed by atoms with Crippen molar-refractivity contribution in [2.24, 2.45) is 0 Å². The van der Waals surface area contributed by atoms with Crippen LogP contribution >= 0.6 is 0 Å². The number of nitrogens with one attached hydrogen (secondary N) is 2. The Balaban J connectivity index is 1.53. The molecule has 1 aliphatic rings. The van der Waals surface area contributed by atoms with E-state index >= 15 is 0 Å². The molecule has 1 aliphatic heterocycles. The van der Waals surface area contributed by atoms with E-state index < -0.39 is 11.6 Å². The van der Waals surface area contributed by atoms with Gasteiger partial charge in [-0.15, -0.1) is 0 Å². The minimum Gasteiger partial charge on any atom is -0.497 e. The standard InChI is InChI=1S/C24H29N3O4/c1-17(19-7-5-4-6-8-19)15-25-21(28)16-27-22(29)24(2,26-23(27)30)14-13-18-9-11-20(31-3)12-10-18/h4-12,17H,13-16H2,1-3H3,(H,25,28)(H,26,30)/t17-,24-/m0/s1. The smallest absolute Gasteiger partial charge is 0.325 e. The molecule has 2 N–H and O–H groups in total. The minimum atomic E-state index is -1.03. The van der Waals surface area contributed by atoms with Gasteiger partial charge >= 0.3 is 6.03 Å². The summed E-state index contributed by atoms with van der Waals surface area (Å²) in [5, 5.41) is 5.57. The van der Waals surface area contributed by atoms with Crippen molar-refractivity contribution in [3.8, 4) is 5.75 Å². The van der Waals surface area contributed by atoms with Gasteiger partial charge in [0.05, 0.1) is 7.11 Å². The van der Waals surface area contributed by atoms with Gasteiger partial charge in [0, 0.05) is 6.54 Å². The van der Waals surface area contributed by atoms with E-state index in [0.29, 0.717) is 19.4 Å². The number of benzene rings is 2. The van der Waals surface area contributed by atoms with Crippen LogP contribution in [0.3, 0.4) is 0 Å². The fourth-order valence-corrected chi connectivity index (χ4v) is 3.61. The number of nitrogens with zero attached hydrogens (tertiary/aromatic N) is 1. The van der Waals surface area contributed by atoms with Gasteiger partial charge in [0.25, 0.3) is 5.91 Å². The average Bonchev–Trinajstić information content (AvgIpc) is 3.00. The summed E-state index contributed by atoms with van der Waals surface area (Å²) >= 11 is 0. The van der Waals surface area contributed by atoms with Crippen molar-refractivity contribution in [3.63, 3.8) is 0 Å². The summed E-state index contributed by atoms with van der Waals surface area (Å²) in [6.07, 6.45) is 1.05. The van der Waals surface area contributed by atoms with Crippen molar-refractivity contribution in [2.45, 2.75) is 38.1 Å². The van der Waals surface area contributed by atoms with Gasteiger partial charge in [0.15, 0.2) is 0 Å². The van der Waals surface area contributed by atoms with Crippen molar-refractivity contribution in [3.05, 3.63) is 65.7 Å². The number of amides is 4. The molecule has 7 nitrogen and oxygen atoms in total. The lowest BCUT2D eigenvalue weighted by Gasteiger charge is -2.21. The molecule has 0 aromatic heterocycles. The van der Waals surface area contributed by atoms with Gasteiger partial charge in [-0.2, -0.15) is 0 Å². The van der Waals surface area contributed by atoms with Crippen LogP contribution in [-0.4, -0.2) is 48.5 Å². The molecule has 2 aromatic carbocycles. The Hall–Kier alpha value is -3.35. The molecule has 2 atom stereocenters. The highest BCUT2D eigenvalue weighted by Gasteiger charge is 2.47. The second-order valence-corrected chi connectivity index (χ2v) is 8.12. The van der Waals surface area contributed by atoms with Gasteiger partial charge in [-0.05, 0) is 48.9 Å². The van der Waals surface area contributed by atoms with Crippen LogP contribution in [0, 0.1) is 0 Å². The van der Waals surface area contributed by atoms with Gasteiger partial charge < -0.3 is 15.4 Å². The highest BCUT2D eigenvalue weighted by Crippen LogP contribution is 2.24. The second kappa shape index (κ2) is 9.64. The number of methoxy groups -OCH3 is 1. The number of urea groups is 1. The molecule has 0 bridgehead atoms. The lowest BCUT2D eigenvalue weighted by Crippen LogP contribution is -2.45. The summed E-state index contributed by atoms with van der Waals surface area (Å²) in [7, 11) is 1.61. The molecule has 0 unspecified atom stereocenters. The molecule has 1 saturated heterocycles. The number of imide groups is 1. The third-order valence-electron chi connectivity index (χ3n) is 5.69. The zero-order chi connectivity index (χ0) is 22.4.